The Balaban J connectivity index is 1.45. The lowest BCUT2D eigenvalue weighted by atomic mass is 10.0. The van der Waals surface area contributed by atoms with E-state index in [4.69, 9.17) is 9.47 Å². The Morgan fingerprint density at radius 1 is 1.00 bits per heavy atom. The lowest BCUT2D eigenvalue weighted by Gasteiger charge is -2.18. The van der Waals surface area contributed by atoms with E-state index in [1.54, 1.807) is 30.3 Å². The number of ether oxygens (including phenoxy) is 2. The second kappa shape index (κ2) is 9.64. The van der Waals surface area contributed by atoms with Crippen LogP contribution in [0, 0.1) is 6.92 Å². The standard InChI is InChI=1S/C25H26N2O5S/c1-3-22(19-10-7-17(2)8-11-19)27-25(28)20-5-4-6-21(14-20)33(29,30)26-15-18-9-12-23-24(13-18)32-16-31-23/h4-14,22,26H,3,15-16H2,1-2H3,(H,27,28). The highest BCUT2D eigenvalue weighted by atomic mass is 32.2. The summed E-state index contributed by atoms with van der Waals surface area (Å²) in [5, 5.41) is 3.00. The fraction of sp³-hybridized carbons (Fsp3) is 0.240. The molecule has 3 aromatic carbocycles. The molecule has 0 aliphatic carbocycles. The maximum absolute atomic E-state index is 12.9. The van der Waals surface area contributed by atoms with Crippen molar-refractivity contribution in [1.82, 2.24) is 10.0 Å². The van der Waals surface area contributed by atoms with Crippen LogP contribution in [-0.4, -0.2) is 21.1 Å². The number of hydrogen-bond donors (Lipinski definition) is 2. The summed E-state index contributed by atoms with van der Waals surface area (Å²) in [4.78, 5) is 12.9. The number of sulfonamides is 1. The van der Waals surface area contributed by atoms with Gasteiger partial charge in [0.05, 0.1) is 10.9 Å². The number of nitrogens with one attached hydrogen (secondary N) is 2. The minimum atomic E-state index is -3.82. The van der Waals surface area contributed by atoms with Gasteiger partial charge in [-0.15, -0.1) is 0 Å². The molecule has 0 saturated carbocycles. The minimum Gasteiger partial charge on any atom is -0.454 e. The maximum atomic E-state index is 12.9. The summed E-state index contributed by atoms with van der Waals surface area (Å²) in [7, 11) is -3.82. The van der Waals surface area contributed by atoms with Crippen LogP contribution in [0.1, 0.15) is 46.4 Å². The summed E-state index contributed by atoms with van der Waals surface area (Å²) >= 11 is 0. The van der Waals surface area contributed by atoms with Gasteiger partial charge in [0.25, 0.3) is 5.91 Å². The molecule has 0 bridgehead atoms. The predicted molar refractivity (Wildman–Crippen MR) is 125 cm³/mol. The third kappa shape index (κ3) is 5.35. The number of hydrogen-bond acceptors (Lipinski definition) is 5. The molecule has 33 heavy (non-hydrogen) atoms. The number of aryl methyl sites for hydroxylation is 1. The topological polar surface area (TPSA) is 93.7 Å². The number of carbonyl (C=O) groups excluding carboxylic acids is 1. The zero-order valence-electron chi connectivity index (χ0n) is 18.5. The van der Waals surface area contributed by atoms with Crippen molar-refractivity contribution in [2.75, 3.05) is 6.79 Å². The van der Waals surface area contributed by atoms with E-state index in [0.29, 0.717) is 17.9 Å². The van der Waals surface area contributed by atoms with Crippen molar-refractivity contribution in [3.05, 3.63) is 89.0 Å². The molecule has 8 heteroatoms. The highest BCUT2D eigenvalue weighted by Gasteiger charge is 2.19. The molecule has 3 aromatic rings. The summed E-state index contributed by atoms with van der Waals surface area (Å²) in [5.41, 5.74) is 3.17. The Kier molecular flexibility index (Phi) is 6.67. The number of rotatable bonds is 8. The molecule has 0 saturated heterocycles. The summed E-state index contributed by atoms with van der Waals surface area (Å²) in [5.74, 6) is 0.899. The second-order valence-corrected chi connectivity index (χ2v) is 9.65. The van der Waals surface area contributed by atoms with Crippen molar-refractivity contribution in [3.8, 4) is 11.5 Å². The summed E-state index contributed by atoms with van der Waals surface area (Å²) in [6.07, 6.45) is 0.712. The van der Waals surface area contributed by atoms with Gasteiger partial charge >= 0.3 is 0 Å². The smallest absolute Gasteiger partial charge is 0.251 e. The van der Waals surface area contributed by atoms with E-state index >= 15 is 0 Å². The molecule has 0 aromatic heterocycles. The fourth-order valence-electron chi connectivity index (χ4n) is 3.58. The predicted octanol–water partition coefficient (Wildman–Crippen LogP) is 4.08. The highest BCUT2D eigenvalue weighted by molar-refractivity contribution is 7.89. The van der Waals surface area contributed by atoms with Crippen LogP contribution in [0.2, 0.25) is 0 Å². The highest BCUT2D eigenvalue weighted by Crippen LogP contribution is 2.32. The van der Waals surface area contributed by atoms with Gasteiger partial charge in [-0.2, -0.15) is 0 Å². The molecule has 172 valence electrons. The van der Waals surface area contributed by atoms with Gasteiger partial charge in [-0.05, 0) is 54.8 Å². The van der Waals surface area contributed by atoms with Crippen molar-refractivity contribution in [2.24, 2.45) is 0 Å². The third-order valence-corrected chi connectivity index (χ3v) is 6.90. The third-order valence-electron chi connectivity index (χ3n) is 5.50. The Morgan fingerprint density at radius 2 is 1.76 bits per heavy atom. The lowest BCUT2D eigenvalue weighted by molar-refractivity contribution is 0.0935. The minimum absolute atomic E-state index is 0.0271. The van der Waals surface area contributed by atoms with Crippen LogP contribution in [-0.2, 0) is 16.6 Å². The van der Waals surface area contributed by atoms with Gasteiger partial charge in [0.15, 0.2) is 11.5 Å². The molecule has 0 fully saturated rings. The summed E-state index contributed by atoms with van der Waals surface area (Å²) < 4.78 is 38.9. The van der Waals surface area contributed by atoms with Gasteiger partial charge in [-0.25, -0.2) is 13.1 Å². The van der Waals surface area contributed by atoms with E-state index in [0.717, 1.165) is 16.7 Å². The molecule has 1 atom stereocenters. The molecule has 4 rings (SSSR count). The van der Waals surface area contributed by atoms with Crippen LogP contribution in [0.25, 0.3) is 0 Å². The van der Waals surface area contributed by atoms with Crippen LogP contribution < -0.4 is 19.5 Å². The molecule has 1 aliphatic heterocycles. The number of amides is 1. The van der Waals surface area contributed by atoms with Gasteiger partial charge in [0.1, 0.15) is 0 Å². The summed E-state index contributed by atoms with van der Waals surface area (Å²) in [6.45, 7) is 4.24. The normalized spacial score (nSPS) is 13.5. The van der Waals surface area contributed by atoms with E-state index in [2.05, 4.69) is 10.0 Å². The first kappa shape index (κ1) is 22.8. The van der Waals surface area contributed by atoms with E-state index in [9.17, 15) is 13.2 Å². The molecule has 1 heterocycles. The van der Waals surface area contributed by atoms with Crippen LogP contribution in [0.15, 0.2) is 71.6 Å². The Bertz CT molecular complexity index is 1260. The largest absolute Gasteiger partial charge is 0.454 e. The first-order chi connectivity index (χ1) is 15.9. The van der Waals surface area contributed by atoms with Crippen molar-refractivity contribution in [3.63, 3.8) is 0 Å². The SMILES string of the molecule is CCC(NC(=O)c1cccc(S(=O)(=O)NCc2ccc3c(c2)OCO3)c1)c1ccc(C)cc1. The van der Waals surface area contributed by atoms with Crippen LogP contribution in [0.4, 0.5) is 0 Å². The lowest BCUT2D eigenvalue weighted by Crippen LogP contribution is -2.28. The van der Waals surface area contributed by atoms with E-state index in [-0.39, 0.29) is 35.7 Å². The molecule has 0 spiro atoms. The molecular formula is C25H26N2O5S. The molecule has 1 amide bonds. The zero-order valence-corrected chi connectivity index (χ0v) is 19.3. The monoisotopic (exact) mass is 466 g/mol. The fourth-order valence-corrected chi connectivity index (χ4v) is 4.64. The Labute approximate surface area is 193 Å². The van der Waals surface area contributed by atoms with E-state index < -0.39 is 10.0 Å². The number of carbonyl (C=O) groups is 1. The van der Waals surface area contributed by atoms with Gasteiger partial charge in [-0.3, -0.25) is 4.79 Å². The van der Waals surface area contributed by atoms with Gasteiger partial charge < -0.3 is 14.8 Å². The van der Waals surface area contributed by atoms with Gasteiger partial charge in [0.2, 0.25) is 16.8 Å². The Morgan fingerprint density at radius 3 is 2.52 bits per heavy atom. The Hall–Kier alpha value is -3.36. The van der Waals surface area contributed by atoms with E-state index in [1.165, 1.54) is 12.1 Å². The van der Waals surface area contributed by atoms with Gasteiger partial charge in [0, 0.05) is 12.1 Å². The molecular weight excluding hydrogens is 440 g/mol. The van der Waals surface area contributed by atoms with E-state index in [1.807, 2.05) is 38.1 Å². The zero-order chi connectivity index (χ0) is 23.4. The average molecular weight is 467 g/mol. The van der Waals surface area contributed by atoms with Crippen molar-refractivity contribution in [1.29, 1.82) is 0 Å². The molecule has 1 unspecified atom stereocenters. The quantitative estimate of drug-likeness (QED) is 0.522. The van der Waals surface area contributed by atoms with Crippen LogP contribution in [0.5, 0.6) is 11.5 Å². The van der Waals surface area contributed by atoms with Crippen molar-refractivity contribution >= 4 is 15.9 Å². The number of fused-ring (bicyclic) bond motifs is 1. The molecule has 1 aliphatic rings. The summed E-state index contributed by atoms with van der Waals surface area (Å²) in [6, 6.07) is 19.1. The molecule has 2 N–H and O–H groups in total. The first-order valence-electron chi connectivity index (χ1n) is 10.7. The van der Waals surface area contributed by atoms with Crippen molar-refractivity contribution in [2.45, 2.75) is 37.8 Å². The van der Waals surface area contributed by atoms with Crippen LogP contribution >= 0.6 is 0 Å². The van der Waals surface area contributed by atoms with Crippen LogP contribution in [0.3, 0.4) is 0 Å². The average Bonchev–Trinajstić information content (AvgIpc) is 3.30. The maximum Gasteiger partial charge on any atom is 0.251 e. The molecule has 0 radical (unpaired) electrons. The van der Waals surface area contributed by atoms with Gasteiger partial charge in [-0.1, -0.05) is 48.9 Å². The molecule has 7 nitrogen and oxygen atoms in total. The first-order valence-corrected chi connectivity index (χ1v) is 12.2. The second-order valence-electron chi connectivity index (χ2n) is 7.88. The van der Waals surface area contributed by atoms with Crippen molar-refractivity contribution < 1.29 is 22.7 Å². The number of benzene rings is 3.